The zero-order valence-electron chi connectivity index (χ0n) is 8.43. The minimum Gasteiger partial charge on any atom is -0.354 e. The van der Waals surface area contributed by atoms with E-state index in [1.807, 2.05) is 19.0 Å². The molecule has 0 aliphatic rings. The second kappa shape index (κ2) is 4.80. The molecule has 0 amide bonds. The maximum atomic E-state index is 11.8. The Kier molecular flexibility index (Phi) is 3.92. The molecule has 0 saturated carbocycles. The number of hydrogen-bond donors (Lipinski definition) is 1. The van der Waals surface area contributed by atoms with Crippen molar-refractivity contribution in [3.63, 3.8) is 0 Å². The first-order valence-electron chi connectivity index (χ1n) is 4.27. The molecule has 1 heterocycles. The van der Waals surface area contributed by atoms with E-state index < -0.39 is 12.7 Å². The normalized spacial score (nSPS) is 11.8. The van der Waals surface area contributed by atoms with Crippen molar-refractivity contribution in [1.82, 2.24) is 10.3 Å². The molecule has 0 aromatic carbocycles. The molecule has 1 aromatic heterocycles. The number of halogens is 3. The predicted octanol–water partition coefficient (Wildman–Crippen LogP) is 1.86. The molecule has 3 nitrogen and oxygen atoms in total. The third-order valence-corrected chi connectivity index (χ3v) is 2.61. The lowest BCUT2D eigenvalue weighted by Crippen LogP contribution is -2.28. The Balaban J connectivity index is 2.38. The topological polar surface area (TPSA) is 28.2 Å². The summed E-state index contributed by atoms with van der Waals surface area (Å²) in [4.78, 5) is 5.96. The van der Waals surface area contributed by atoms with Gasteiger partial charge in [-0.3, -0.25) is 0 Å². The van der Waals surface area contributed by atoms with Gasteiger partial charge in [-0.15, -0.1) is 11.3 Å². The minimum absolute atomic E-state index is 0.143. The van der Waals surface area contributed by atoms with Gasteiger partial charge in [0.15, 0.2) is 5.13 Å². The van der Waals surface area contributed by atoms with E-state index in [4.69, 9.17) is 0 Å². The minimum atomic E-state index is -4.17. The van der Waals surface area contributed by atoms with Gasteiger partial charge in [-0.1, -0.05) is 0 Å². The molecule has 0 bridgehead atoms. The Morgan fingerprint density at radius 2 is 2.13 bits per heavy atom. The maximum Gasteiger partial charge on any atom is 0.401 e. The van der Waals surface area contributed by atoms with E-state index in [9.17, 15) is 13.2 Å². The second-order valence-electron chi connectivity index (χ2n) is 3.23. The number of thiazole rings is 1. The Labute approximate surface area is 89.9 Å². The van der Waals surface area contributed by atoms with Crippen LogP contribution in [0.2, 0.25) is 0 Å². The van der Waals surface area contributed by atoms with E-state index in [0.717, 1.165) is 5.13 Å². The Hall–Kier alpha value is -0.820. The summed E-state index contributed by atoms with van der Waals surface area (Å²) in [6, 6.07) is 0. The van der Waals surface area contributed by atoms with Gasteiger partial charge in [-0.2, -0.15) is 13.2 Å². The summed E-state index contributed by atoms with van der Waals surface area (Å²) in [6.45, 7) is -0.842. The smallest absolute Gasteiger partial charge is 0.354 e. The van der Waals surface area contributed by atoms with Crippen molar-refractivity contribution >= 4 is 16.5 Å². The van der Waals surface area contributed by atoms with Crippen LogP contribution in [0.1, 0.15) is 5.69 Å². The number of rotatable bonds is 4. The van der Waals surface area contributed by atoms with Gasteiger partial charge < -0.3 is 10.2 Å². The van der Waals surface area contributed by atoms with Crippen molar-refractivity contribution in [3.8, 4) is 0 Å². The summed E-state index contributed by atoms with van der Waals surface area (Å²) in [5.74, 6) is 0. The van der Waals surface area contributed by atoms with Crippen LogP contribution in [0.3, 0.4) is 0 Å². The number of hydrogen-bond acceptors (Lipinski definition) is 4. The first kappa shape index (κ1) is 12.3. The van der Waals surface area contributed by atoms with Gasteiger partial charge in [-0.25, -0.2) is 4.98 Å². The van der Waals surface area contributed by atoms with Crippen molar-refractivity contribution in [2.45, 2.75) is 12.7 Å². The first-order chi connectivity index (χ1) is 6.88. The van der Waals surface area contributed by atoms with Crippen LogP contribution in [-0.2, 0) is 6.54 Å². The molecule has 1 rings (SSSR count). The molecule has 0 atom stereocenters. The summed E-state index contributed by atoms with van der Waals surface area (Å²) in [7, 11) is 3.68. The summed E-state index contributed by atoms with van der Waals surface area (Å²) < 4.78 is 35.4. The zero-order chi connectivity index (χ0) is 11.5. The van der Waals surface area contributed by atoms with E-state index in [2.05, 4.69) is 10.3 Å². The molecule has 0 unspecified atom stereocenters. The maximum absolute atomic E-state index is 11.8. The largest absolute Gasteiger partial charge is 0.401 e. The molecule has 0 aliphatic heterocycles. The fourth-order valence-corrected chi connectivity index (χ4v) is 1.67. The monoisotopic (exact) mass is 239 g/mol. The van der Waals surface area contributed by atoms with Crippen LogP contribution < -0.4 is 10.2 Å². The molecule has 86 valence electrons. The molecule has 15 heavy (non-hydrogen) atoms. The standard InChI is InChI=1S/C8H12F3N3S/c1-14(2)7-13-6(4-15-7)3-12-5-8(9,10)11/h4,12H,3,5H2,1-2H3. The van der Waals surface area contributed by atoms with E-state index in [1.165, 1.54) is 11.3 Å². The van der Waals surface area contributed by atoms with Crippen molar-refractivity contribution < 1.29 is 13.2 Å². The molecule has 0 aliphatic carbocycles. The van der Waals surface area contributed by atoms with Crippen molar-refractivity contribution in [1.29, 1.82) is 0 Å². The predicted molar refractivity (Wildman–Crippen MR) is 54.2 cm³/mol. The summed E-state index contributed by atoms with van der Waals surface area (Å²) in [5, 5.41) is 4.83. The number of aromatic nitrogens is 1. The molecule has 1 N–H and O–H groups in total. The summed E-state index contributed by atoms with van der Waals surface area (Å²) >= 11 is 1.41. The zero-order valence-corrected chi connectivity index (χ0v) is 9.24. The van der Waals surface area contributed by atoms with E-state index in [-0.39, 0.29) is 6.54 Å². The van der Waals surface area contributed by atoms with Crippen LogP contribution in [0.5, 0.6) is 0 Å². The number of anilines is 1. The van der Waals surface area contributed by atoms with Crippen LogP contribution in [0.15, 0.2) is 5.38 Å². The first-order valence-corrected chi connectivity index (χ1v) is 5.15. The highest BCUT2D eigenvalue weighted by molar-refractivity contribution is 7.13. The summed E-state index contributed by atoms with van der Waals surface area (Å²) in [5.41, 5.74) is 0.632. The molecule has 0 fully saturated rings. The van der Waals surface area contributed by atoms with Crippen molar-refractivity contribution in [2.75, 3.05) is 25.5 Å². The number of nitrogens with one attached hydrogen (secondary N) is 1. The molecule has 1 aromatic rings. The Morgan fingerprint density at radius 3 is 2.60 bits per heavy atom. The molecular formula is C8H12F3N3S. The van der Waals surface area contributed by atoms with E-state index in [1.54, 1.807) is 5.38 Å². The van der Waals surface area contributed by atoms with Gasteiger partial charge in [0.25, 0.3) is 0 Å². The van der Waals surface area contributed by atoms with Crippen LogP contribution in [0.25, 0.3) is 0 Å². The summed E-state index contributed by atoms with van der Waals surface area (Å²) in [6.07, 6.45) is -4.17. The Bertz CT molecular complexity index is 308. The van der Waals surface area contributed by atoms with Crippen LogP contribution >= 0.6 is 11.3 Å². The Morgan fingerprint density at radius 1 is 1.47 bits per heavy atom. The van der Waals surface area contributed by atoms with Crippen LogP contribution in [0.4, 0.5) is 18.3 Å². The average Bonchev–Trinajstić information content (AvgIpc) is 2.50. The second-order valence-corrected chi connectivity index (χ2v) is 4.07. The lowest BCUT2D eigenvalue weighted by molar-refractivity contribution is -0.125. The fraction of sp³-hybridized carbons (Fsp3) is 0.625. The van der Waals surface area contributed by atoms with Crippen molar-refractivity contribution in [2.24, 2.45) is 0 Å². The number of alkyl halides is 3. The average molecular weight is 239 g/mol. The molecule has 0 saturated heterocycles. The highest BCUT2D eigenvalue weighted by Crippen LogP contribution is 2.18. The lowest BCUT2D eigenvalue weighted by atomic mass is 10.5. The van der Waals surface area contributed by atoms with Crippen molar-refractivity contribution in [3.05, 3.63) is 11.1 Å². The van der Waals surface area contributed by atoms with E-state index in [0.29, 0.717) is 5.69 Å². The number of nitrogens with zero attached hydrogens (tertiary/aromatic N) is 2. The van der Waals surface area contributed by atoms with E-state index >= 15 is 0 Å². The van der Waals surface area contributed by atoms with Gasteiger partial charge in [0, 0.05) is 26.0 Å². The lowest BCUT2D eigenvalue weighted by Gasteiger charge is -2.07. The third kappa shape index (κ3) is 4.48. The van der Waals surface area contributed by atoms with Gasteiger partial charge in [0.2, 0.25) is 0 Å². The highest BCUT2D eigenvalue weighted by atomic mass is 32.1. The fourth-order valence-electron chi connectivity index (χ4n) is 0.915. The molecule has 7 heteroatoms. The van der Waals surface area contributed by atoms with Crippen LogP contribution in [-0.4, -0.2) is 31.8 Å². The highest BCUT2D eigenvalue weighted by Gasteiger charge is 2.26. The van der Waals surface area contributed by atoms with Gasteiger partial charge in [0.1, 0.15) is 0 Å². The molecule has 0 spiro atoms. The quantitative estimate of drug-likeness (QED) is 0.869. The van der Waals surface area contributed by atoms with Gasteiger partial charge >= 0.3 is 6.18 Å². The van der Waals surface area contributed by atoms with Crippen LogP contribution in [0, 0.1) is 0 Å². The van der Waals surface area contributed by atoms with Gasteiger partial charge in [-0.05, 0) is 0 Å². The molecular weight excluding hydrogens is 227 g/mol. The van der Waals surface area contributed by atoms with Gasteiger partial charge in [0.05, 0.1) is 12.2 Å². The molecule has 0 radical (unpaired) electrons. The SMILES string of the molecule is CN(C)c1nc(CNCC(F)(F)F)cs1. The third-order valence-electron chi connectivity index (χ3n) is 1.55.